The zero-order valence-electron chi connectivity index (χ0n) is 18.5. The van der Waals surface area contributed by atoms with Crippen LogP contribution in [-0.4, -0.2) is 20.9 Å². The van der Waals surface area contributed by atoms with Gasteiger partial charge in [0.1, 0.15) is 12.4 Å². The van der Waals surface area contributed by atoms with E-state index in [0.29, 0.717) is 29.9 Å². The van der Waals surface area contributed by atoms with Crippen LogP contribution in [0, 0.1) is 13.8 Å². The fourth-order valence-electron chi connectivity index (χ4n) is 3.20. The largest absolute Gasteiger partial charge is 0.489 e. The third-order valence-electron chi connectivity index (χ3n) is 4.76. The second kappa shape index (κ2) is 10.7. The van der Waals surface area contributed by atoms with Gasteiger partial charge in [-0.15, -0.1) is 11.3 Å². The maximum Gasteiger partial charge on any atom is 0.229 e. The van der Waals surface area contributed by atoms with Crippen molar-refractivity contribution in [3.63, 3.8) is 0 Å². The van der Waals surface area contributed by atoms with Crippen LogP contribution < -0.4 is 15.4 Å². The smallest absolute Gasteiger partial charge is 0.229 e. The van der Waals surface area contributed by atoms with Crippen molar-refractivity contribution in [1.29, 1.82) is 0 Å². The summed E-state index contributed by atoms with van der Waals surface area (Å²) in [7, 11) is 0. The van der Waals surface area contributed by atoms with Crippen molar-refractivity contribution in [2.45, 2.75) is 33.4 Å². The van der Waals surface area contributed by atoms with E-state index in [0.717, 1.165) is 28.3 Å². The highest BCUT2D eigenvalue weighted by atomic mass is 32.1. The van der Waals surface area contributed by atoms with Crippen molar-refractivity contribution < 1.29 is 9.53 Å². The van der Waals surface area contributed by atoms with Crippen LogP contribution in [0.1, 0.15) is 28.2 Å². The third-order valence-corrected chi connectivity index (χ3v) is 5.56. The Morgan fingerprint density at radius 3 is 2.39 bits per heavy atom. The molecule has 0 fully saturated rings. The number of anilines is 2. The lowest BCUT2D eigenvalue weighted by Crippen LogP contribution is -2.24. The minimum Gasteiger partial charge on any atom is -0.489 e. The zero-order valence-corrected chi connectivity index (χ0v) is 19.4. The Kier molecular flexibility index (Phi) is 7.26. The van der Waals surface area contributed by atoms with Crippen LogP contribution in [0.4, 0.5) is 11.1 Å². The molecule has 7 nitrogen and oxygen atoms in total. The van der Waals surface area contributed by atoms with E-state index in [-0.39, 0.29) is 12.3 Å². The molecule has 168 valence electrons. The molecule has 4 aromatic rings. The molecule has 2 aromatic heterocycles. The highest BCUT2D eigenvalue weighted by molar-refractivity contribution is 7.13. The van der Waals surface area contributed by atoms with Gasteiger partial charge in [-0.25, -0.2) is 15.0 Å². The molecule has 2 heterocycles. The van der Waals surface area contributed by atoms with E-state index in [9.17, 15) is 4.79 Å². The van der Waals surface area contributed by atoms with Gasteiger partial charge in [-0.2, -0.15) is 0 Å². The van der Waals surface area contributed by atoms with Crippen LogP contribution in [0.15, 0.2) is 66.0 Å². The molecule has 0 spiro atoms. The van der Waals surface area contributed by atoms with Crippen molar-refractivity contribution in [2.24, 2.45) is 0 Å². The highest BCUT2D eigenvalue weighted by Crippen LogP contribution is 2.20. The number of hydrogen-bond donors (Lipinski definition) is 2. The Balaban J connectivity index is 1.23. The molecule has 8 heteroatoms. The Morgan fingerprint density at radius 2 is 1.67 bits per heavy atom. The predicted molar refractivity (Wildman–Crippen MR) is 130 cm³/mol. The van der Waals surface area contributed by atoms with Crippen molar-refractivity contribution in [3.05, 3.63) is 94.3 Å². The average Bonchev–Trinajstić information content (AvgIpc) is 3.23. The van der Waals surface area contributed by atoms with Gasteiger partial charge in [0.05, 0.1) is 12.1 Å². The van der Waals surface area contributed by atoms with Crippen LogP contribution in [0.2, 0.25) is 0 Å². The number of benzene rings is 2. The van der Waals surface area contributed by atoms with Crippen LogP contribution in [0.5, 0.6) is 5.75 Å². The summed E-state index contributed by atoms with van der Waals surface area (Å²) in [4.78, 5) is 25.5. The van der Waals surface area contributed by atoms with Gasteiger partial charge in [0, 0.05) is 23.3 Å². The molecule has 0 aliphatic heterocycles. The molecule has 2 N–H and O–H groups in total. The van der Waals surface area contributed by atoms with Gasteiger partial charge in [-0.1, -0.05) is 42.5 Å². The fraction of sp³-hybridized carbons (Fsp3) is 0.200. The number of carbonyl (C=O) groups is 1. The summed E-state index contributed by atoms with van der Waals surface area (Å²) in [5.41, 5.74) is 4.60. The molecule has 1 amide bonds. The lowest BCUT2D eigenvalue weighted by molar-refractivity contribution is -0.120. The first-order valence-electron chi connectivity index (χ1n) is 10.6. The molecule has 0 aliphatic carbocycles. The number of nitrogens with one attached hydrogen (secondary N) is 2. The van der Waals surface area contributed by atoms with E-state index in [1.54, 1.807) is 0 Å². The van der Waals surface area contributed by atoms with Gasteiger partial charge in [-0.3, -0.25) is 4.79 Å². The Morgan fingerprint density at radius 1 is 0.939 bits per heavy atom. The Bertz CT molecular complexity index is 1190. The number of carbonyl (C=O) groups excluding carboxylic acids is 1. The van der Waals surface area contributed by atoms with E-state index in [2.05, 4.69) is 25.6 Å². The number of thiazole rings is 1. The number of hydrogen-bond acceptors (Lipinski definition) is 7. The molecular weight excluding hydrogens is 434 g/mol. The number of amides is 1. The van der Waals surface area contributed by atoms with E-state index in [1.807, 2.05) is 79.9 Å². The van der Waals surface area contributed by atoms with Crippen molar-refractivity contribution >= 4 is 28.3 Å². The molecule has 0 unspecified atom stereocenters. The van der Waals surface area contributed by atoms with Crippen molar-refractivity contribution in [1.82, 2.24) is 20.3 Å². The topological polar surface area (TPSA) is 89.0 Å². The quantitative estimate of drug-likeness (QED) is 0.376. The van der Waals surface area contributed by atoms with Gasteiger partial charge in [0.2, 0.25) is 11.9 Å². The molecule has 33 heavy (non-hydrogen) atoms. The lowest BCUT2D eigenvalue weighted by Gasteiger charge is -2.08. The van der Waals surface area contributed by atoms with Crippen molar-refractivity contribution in [2.75, 3.05) is 5.32 Å². The molecule has 4 rings (SSSR count). The molecular formula is C25H25N5O2S. The lowest BCUT2D eigenvalue weighted by atomic mass is 10.2. The standard InChI is InChI=1S/C25H25N5O2S/c1-17-12-18(2)28-24(27-17)30-25-29-21(16-33-25)13-23(31)26-14-19-8-10-22(11-9-19)32-15-20-6-4-3-5-7-20/h3-12,16H,13-15H2,1-2H3,(H,26,31)(H,27,28,29,30). The third kappa shape index (κ3) is 6.85. The van der Waals surface area contributed by atoms with Gasteiger partial charge >= 0.3 is 0 Å². The Hall–Kier alpha value is -3.78. The first kappa shape index (κ1) is 22.4. The number of ether oxygens (including phenoxy) is 1. The second-order valence-corrected chi connectivity index (χ2v) is 8.47. The maximum atomic E-state index is 12.4. The van der Waals surface area contributed by atoms with Gasteiger partial charge in [0.25, 0.3) is 0 Å². The monoisotopic (exact) mass is 459 g/mol. The number of rotatable bonds is 9. The van der Waals surface area contributed by atoms with Crippen molar-refractivity contribution in [3.8, 4) is 5.75 Å². The maximum absolute atomic E-state index is 12.4. The first-order chi connectivity index (χ1) is 16.0. The van der Waals surface area contributed by atoms with E-state index in [4.69, 9.17) is 4.74 Å². The molecule has 0 saturated carbocycles. The van der Waals surface area contributed by atoms with Crippen LogP contribution >= 0.6 is 11.3 Å². The number of aromatic nitrogens is 3. The van der Waals surface area contributed by atoms with E-state index in [1.165, 1.54) is 11.3 Å². The first-order valence-corrected chi connectivity index (χ1v) is 11.5. The summed E-state index contributed by atoms with van der Waals surface area (Å²) in [5, 5.41) is 8.57. The van der Waals surface area contributed by atoms with Gasteiger partial charge in [-0.05, 0) is 43.2 Å². The number of aryl methyl sites for hydroxylation is 2. The molecule has 0 radical (unpaired) electrons. The summed E-state index contributed by atoms with van der Waals surface area (Å²) in [6.07, 6.45) is 0.212. The van der Waals surface area contributed by atoms with Crippen LogP contribution in [-0.2, 0) is 24.4 Å². The molecule has 2 aromatic carbocycles. The summed E-state index contributed by atoms with van der Waals surface area (Å²) < 4.78 is 5.80. The van der Waals surface area contributed by atoms with Gasteiger partial charge < -0.3 is 15.4 Å². The minimum absolute atomic E-state index is 0.0843. The second-order valence-electron chi connectivity index (χ2n) is 7.62. The molecule has 0 bridgehead atoms. The average molecular weight is 460 g/mol. The minimum atomic E-state index is -0.0843. The molecule has 0 saturated heterocycles. The Labute approximate surface area is 196 Å². The predicted octanol–water partition coefficient (Wildman–Crippen LogP) is 4.73. The zero-order chi connectivity index (χ0) is 23.0. The SMILES string of the molecule is Cc1cc(C)nc(Nc2nc(CC(=O)NCc3ccc(OCc4ccccc4)cc3)cs2)n1. The highest BCUT2D eigenvalue weighted by Gasteiger charge is 2.09. The van der Waals surface area contributed by atoms with Crippen LogP contribution in [0.3, 0.4) is 0 Å². The fourth-order valence-corrected chi connectivity index (χ4v) is 3.90. The summed E-state index contributed by atoms with van der Waals surface area (Å²) in [6, 6.07) is 19.7. The molecule has 0 atom stereocenters. The van der Waals surface area contributed by atoms with E-state index < -0.39 is 0 Å². The number of nitrogens with zero attached hydrogens (tertiary/aromatic N) is 3. The molecule has 0 aliphatic rings. The van der Waals surface area contributed by atoms with Gasteiger partial charge in [0.15, 0.2) is 5.13 Å². The summed E-state index contributed by atoms with van der Waals surface area (Å²) in [6.45, 7) is 4.81. The van der Waals surface area contributed by atoms with Crippen LogP contribution in [0.25, 0.3) is 0 Å². The summed E-state index contributed by atoms with van der Waals surface area (Å²) >= 11 is 1.42. The normalized spacial score (nSPS) is 10.6. The van der Waals surface area contributed by atoms with E-state index >= 15 is 0 Å². The summed E-state index contributed by atoms with van der Waals surface area (Å²) in [5.74, 6) is 1.22.